The maximum atomic E-state index is 12.7. The van der Waals surface area contributed by atoms with Gasteiger partial charge in [-0.15, -0.1) is 0 Å². The number of carbonyl (C=O) groups is 3. The first kappa shape index (κ1) is 22.5. The number of rotatable bonds is 7. The molecule has 1 saturated heterocycles. The first-order valence-electron chi connectivity index (χ1n) is 10.9. The van der Waals surface area contributed by atoms with Gasteiger partial charge in [-0.3, -0.25) is 14.4 Å². The van der Waals surface area contributed by atoms with Crippen LogP contribution >= 0.6 is 0 Å². The number of benzene rings is 2. The van der Waals surface area contributed by atoms with Crippen molar-refractivity contribution < 1.29 is 14.4 Å². The van der Waals surface area contributed by atoms with Crippen molar-refractivity contribution in [3.63, 3.8) is 0 Å². The van der Waals surface area contributed by atoms with E-state index >= 15 is 0 Å². The van der Waals surface area contributed by atoms with E-state index in [4.69, 9.17) is 0 Å². The van der Waals surface area contributed by atoms with E-state index in [1.54, 1.807) is 11.9 Å². The second-order valence-electron chi connectivity index (χ2n) is 8.21. The lowest BCUT2D eigenvalue weighted by atomic mass is 9.95. The topological polar surface area (TPSA) is 69.7 Å². The average Bonchev–Trinajstić information content (AvgIpc) is 2.78. The van der Waals surface area contributed by atoms with Crippen LogP contribution in [-0.2, 0) is 27.3 Å². The minimum atomic E-state index is -0.0956. The molecule has 0 unspecified atom stereocenters. The minimum Gasteiger partial charge on any atom is -0.343 e. The standard InChI is InChI=1S/C25H31N3O3/c1-19(29)27(2)18-21-9-6-10-23(17-21)26-25(31)22-13-15-28(16-14-22)24(30)12-11-20-7-4-3-5-8-20/h3-10,17,22H,11-16,18H2,1-2H3,(H,26,31). The lowest BCUT2D eigenvalue weighted by molar-refractivity contribution is -0.134. The molecule has 2 aromatic rings. The maximum absolute atomic E-state index is 12.7. The Morgan fingerprint density at radius 2 is 1.68 bits per heavy atom. The minimum absolute atomic E-state index is 0.000450. The van der Waals surface area contributed by atoms with E-state index in [1.807, 2.05) is 59.5 Å². The molecular weight excluding hydrogens is 390 g/mol. The zero-order valence-corrected chi connectivity index (χ0v) is 18.3. The van der Waals surface area contributed by atoms with E-state index in [9.17, 15) is 14.4 Å². The van der Waals surface area contributed by atoms with Crippen molar-refractivity contribution in [1.29, 1.82) is 0 Å². The fraction of sp³-hybridized carbons (Fsp3) is 0.400. The molecule has 0 aliphatic carbocycles. The van der Waals surface area contributed by atoms with Gasteiger partial charge in [0, 0.05) is 51.6 Å². The Labute approximate surface area is 184 Å². The zero-order chi connectivity index (χ0) is 22.2. The van der Waals surface area contributed by atoms with E-state index in [-0.39, 0.29) is 23.6 Å². The van der Waals surface area contributed by atoms with Crippen LogP contribution < -0.4 is 5.32 Å². The molecule has 164 valence electrons. The highest BCUT2D eigenvalue weighted by atomic mass is 16.2. The van der Waals surface area contributed by atoms with Crippen LogP contribution in [0.4, 0.5) is 5.69 Å². The van der Waals surface area contributed by atoms with Gasteiger partial charge < -0.3 is 15.1 Å². The van der Waals surface area contributed by atoms with Gasteiger partial charge in [-0.1, -0.05) is 42.5 Å². The van der Waals surface area contributed by atoms with Crippen LogP contribution in [0.5, 0.6) is 0 Å². The molecule has 0 spiro atoms. The summed E-state index contributed by atoms with van der Waals surface area (Å²) in [5, 5.41) is 3.00. The Morgan fingerprint density at radius 1 is 1.00 bits per heavy atom. The summed E-state index contributed by atoms with van der Waals surface area (Å²) in [5.41, 5.74) is 2.87. The molecule has 3 amide bonds. The quantitative estimate of drug-likeness (QED) is 0.744. The van der Waals surface area contributed by atoms with E-state index in [2.05, 4.69) is 5.32 Å². The molecule has 1 fully saturated rings. The number of amides is 3. The molecule has 6 heteroatoms. The normalized spacial score (nSPS) is 14.2. The second-order valence-corrected chi connectivity index (χ2v) is 8.21. The van der Waals surface area contributed by atoms with E-state index in [0.717, 1.165) is 17.7 Å². The van der Waals surface area contributed by atoms with Crippen molar-refractivity contribution in [2.24, 2.45) is 5.92 Å². The Hall–Kier alpha value is -3.15. The Balaban J connectivity index is 1.46. The zero-order valence-electron chi connectivity index (χ0n) is 18.3. The molecule has 0 atom stereocenters. The molecule has 0 saturated carbocycles. The second kappa shape index (κ2) is 10.8. The number of anilines is 1. The number of piperidine rings is 1. The first-order chi connectivity index (χ1) is 14.9. The van der Waals surface area contributed by atoms with Crippen molar-refractivity contribution in [3.05, 3.63) is 65.7 Å². The van der Waals surface area contributed by atoms with Gasteiger partial charge in [-0.05, 0) is 42.5 Å². The number of hydrogen-bond donors (Lipinski definition) is 1. The first-order valence-corrected chi connectivity index (χ1v) is 10.9. The van der Waals surface area contributed by atoms with E-state index < -0.39 is 0 Å². The summed E-state index contributed by atoms with van der Waals surface area (Å²) in [5.74, 6) is 0.0553. The third-order valence-corrected chi connectivity index (χ3v) is 5.84. The van der Waals surface area contributed by atoms with Crippen LogP contribution in [0.2, 0.25) is 0 Å². The number of carbonyl (C=O) groups excluding carboxylic acids is 3. The van der Waals surface area contributed by atoms with E-state index in [1.165, 1.54) is 12.5 Å². The fourth-order valence-electron chi connectivity index (χ4n) is 3.82. The van der Waals surface area contributed by atoms with Gasteiger partial charge >= 0.3 is 0 Å². The van der Waals surface area contributed by atoms with Crippen LogP contribution in [0.25, 0.3) is 0 Å². The number of likely N-dealkylation sites (tertiary alicyclic amines) is 1. The largest absolute Gasteiger partial charge is 0.343 e. The van der Waals surface area contributed by atoms with Gasteiger partial charge in [0.05, 0.1) is 0 Å². The van der Waals surface area contributed by atoms with E-state index in [0.29, 0.717) is 38.9 Å². The summed E-state index contributed by atoms with van der Waals surface area (Å²) in [7, 11) is 1.75. The summed E-state index contributed by atoms with van der Waals surface area (Å²) in [6.07, 6.45) is 2.60. The van der Waals surface area contributed by atoms with Gasteiger partial charge in [0.1, 0.15) is 0 Å². The molecule has 2 aromatic carbocycles. The third-order valence-electron chi connectivity index (χ3n) is 5.84. The molecule has 0 aromatic heterocycles. The molecule has 6 nitrogen and oxygen atoms in total. The highest BCUT2D eigenvalue weighted by Crippen LogP contribution is 2.21. The smallest absolute Gasteiger partial charge is 0.227 e. The molecule has 0 radical (unpaired) electrons. The lowest BCUT2D eigenvalue weighted by Gasteiger charge is -2.31. The molecule has 0 bridgehead atoms. The molecular formula is C25H31N3O3. The third kappa shape index (κ3) is 6.67. The van der Waals surface area contributed by atoms with Gasteiger partial charge in [0.15, 0.2) is 0 Å². The molecule has 1 N–H and O–H groups in total. The number of nitrogens with zero attached hydrogens (tertiary/aromatic N) is 2. The van der Waals surface area contributed by atoms with Crippen LogP contribution in [0, 0.1) is 5.92 Å². The summed E-state index contributed by atoms with van der Waals surface area (Å²) in [4.78, 5) is 40.2. The Bertz CT molecular complexity index is 905. The SMILES string of the molecule is CC(=O)N(C)Cc1cccc(NC(=O)C2CCN(C(=O)CCc3ccccc3)CC2)c1. The van der Waals surface area contributed by atoms with Crippen molar-refractivity contribution in [3.8, 4) is 0 Å². The van der Waals surface area contributed by atoms with Crippen LogP contribution in [0.15, 0.2) is 54.6 Å². The summed E-state index contributed by atoms with van der Waals surface area (Å²) >= 11 is 0. The summed E-state index contributed by atoms with van der Waals surface area (Å²) in [6, 6.07) is 17.6. The van der Waals surface area contributed by atoms with Gasteiger partial charge in [0.2, 0.25) is 17.7 Å². The number of aryl methyl sites for hydroxylation is 1. The highest BCUT2D eigenvalue weighted by Gasteiger charge is 2.27. The fourth-order valence-corrected chi connectivity index (χ4v) is 3.82. The van der Waals surface area contributed by atoms with Crippen molar-refractivity contribution in [1.82, 2.24) is 9.80 Å². The molecule has 1 aliphatic rings. The molecule has 31 heavy (non-hydrogen) atoms. The maximum Gasteiger partial charge on any atom is 0.227 e. The number of nitrogens with one attached hydrogen (secondary N) is 1. The number of hydrogen-bond acceptors (Lipinski definition) is 3. The Morgan fingerprint density at radius 3 is 2.35 bits per heavy atom. The van der Waals surface area contributed by atoms with Crippen molar-refractivity contribution >= 4 is 23.4 Å². The predicted molar refractivity (Wildman–Crippen MR) is 121 cm³/mol. The van der Waals surface area contributed by atoms with Gasteiger partial charge in [0.25, 0.3) is 0 Å². The summed E-state index contributed by atoms with van der Waals surface area (Å²) in [6.45, 7) is 3.28. The van der Waals surface area contributed by atoms with Crippen LogP contribution in [0.3, 0.4) is 0 Å². The predicted octanol–water partition coefficient (Wildman–Crippen LogP) is 3.47. The molecule has 1 heterocycles. The Kier molecular flexibility index (Phi) is 7.82. The van der Waals surface area contributed by atoms with Crippen LogP contribution in [-0.4, -0.2) is 47.7 Å². The van der Waals surface area contributed by atoms with Crippen molar-refractivity contribution in [2.45, 2.75) is 39.2 Å². The van der Waals surface area contributed by atoms with Crippen LogP contribution in [0.1, 0.15) is 37.3 Å². The highest BCUT2D eigenvalue weighted by molar-refractivity contribution is 5.92. The monoisotopic (exact) mass is 421 g/mol. The average molecular weight is 422 g/mol. The molecule has 1 aliphatic heterocycles. The van der Waals surface area contributed by atoms with Crippen molar-refractivity contribution in [2.75, 3.05) is 25.5 Å². The molecule has 3 rings (SSSR count). The van der Waals surface area contributed by atoms with Gasteiger partial charge in [-0.25, -0.2) is 0 Å². The van der Waals surface area contributed by atoms with Gasteiger partial charge in [-0.2, -0.15) is 0 Å². The summed E-state index contributed by atoms with van der Waals surface area (Å²) < 4.78 is 0. The lowest BCUT2D eigenvalue weighted by Crippen LogP contribution is -2.41.